The molecule has 2 aromatic heterocycles. The van der Waals surface area contributed by atoms with Gasteiger partial charge in [0, 0.05) is 10.9 Å². The first kappa shape index (κ1) is 17.0. The first-order chi connectivity index (χ1) is 11.8. The molecule has 25 heavy (non-hydrogen) atoms. The van der Waals surface area contributed by atoms with Crippen LogP contribution in [-0.2, 0) is 10.9 Å². The van der Waals surface area contributed by atoms with Gasteiger partial charge in [-0.25, -0.2) is 9.78 Å². The number of benzene rings is 1. The lowest BCUT2D eigenvalue weighted by molar-refractivity contribution is -0.141. The van der Waals surface area contributed by atoms with E-state index >= 15 is 0 Å². The van der Waals surface area contributed by atoms with Gasteiger partial charge < -0.3 is 10.1 Å². The summed E-state index contributed by atoms with van der Waals surface area (Å²) in [5.74, 6) is -1.07. The Labute approximate surface area is 142 Å². The zero-order valence-corrected chi connectivity index (χ0v) is 13.4. The molecule has 0 radical (unpaired) electrons. The van der Waals surface area contributed by atoms with Crippen LogP contribution in [0.2, 0.25) is 0 Å². The number of methoxy groups -OCH3 is 1. The van der Waals surface area contributed by atoms with E-state index in [0.29, 0.717) is 0 Å². The normalized spacial score (nSPS) is 11.5. The number of carbonyl (C=O) groups excluding carboxylic acids is 2. The van der Waals surface area contributed by atoms with Gasteiger partial charge in [0.15, 0.2) is 5.82 Å². The summed E-state index contributed by atoms with van der Waals surface area (Å²) in [5.41, 5.74) is -0.360. The molecule has 0 spiro atoms. The van der Waals surface area contributed by atoms with Gasteiger partial charge in [0.25, 0.3) is 5.91 Å². The molecule has 130 valence electrons. The number of imidazole rings is 1. The minimum atomic E-state index is -4.51. The van der Waals surface area contributed by atoms with Crippen molar-refractivity contribution in [3.8, 4) is 0 Å². The topological polar surface area (TPSA) is 72.7 Å². The molecule has 0 atom stereocenters. The zero-order chi connectivity index (χ0) is 18.2. The van der Waals surface area contributed by atoms with Crippen molar-refractivity contribution in [3.05, 3.63) is 52.8 Å². The summed E-state index contributed by atoms with van der Waals surface area (Å²) in [6.07, 6.45) is -3.51. The molecule has 0 aliphatic carbocycles. The largest absolute Gasteiger partial charge is 0.465 e. The van der Waals surface area contributed by atoms with E-state index in [1.54, 1.807) is 0 Å². The molecule has 6 nitrogen and oxygen atoms in total. The van der Waals surface area contributed by atoms with Crippen LogP contribution in [0.25, 0.3) is 4.83 Å². The summed E-state index contributed by atoms with van der Waals surface area (Å²) in [6.45, 7) is 0. The molecule has 2 heterocycles. The van der Waals surface area contributed by atoms with Crippen molar-refractivity contribution in [2.24, 2.45) is 0 Å². The lowest BCUT2D eigenvalue weighted by Gasteiger charge is -2.04. The number of amides is 1. The lowest BCUT2D eigenvalue weighted by atomic mass is 10.1. The molecular formula is C15H10F3N3O3S. The van der Waals surface area contributed by atoms with Crippen LogP contribution in [-0.4, -0.2) is 28.4 Å². The number of aromatic nitrogens is 2. The molecule has 0 saturated carbocycles. The number of halogens is 3. The maximum atomic E-state index is 12.9. The molecule has 1 N–H and O–H groups in total. The molecule has 0 bridgehead atoms. The number of alkyl halides is 3. The first-order valence-corrected chi connectivity index (χ1v) is 7.70. The van der Waals surface area contributed by atoms with Crippen LogP contribution in [0.4, 0.5) is 19.0 Å². The van der Waals surface area contributed by atoms with Crippen LogP contribution >= 0.6 is 11.3 Å². The smallest absolute Gasteiger partial charge is 0.432 e. The number of anilines is 1. The van der Waals surface area contributed by atoms with Crippen molar-refractivity contribution in [2.45, 2.75) is 6.18 Å². The number of carbonyl (C=O) groups is 2. The van der Waals surface area contributed by atoms with Crippen molar-refractivity contribution >= 4 is 33.9 Å². The highest BCUT2D eigenvalue weighted by Gasteiger charge is 2.35. The summed E-state index contributed by atoms with van der Waals surface area (Å²) in [7, 11) is 1.24. The average Bonchev–Trinajstić information content (AvgIpc) is 3.16. The second-order valence-electron chi connectivity index (χ2n) is 4.91. The Balaban J connectivity index is 1.83. The Morgan fingerprint density at radius 1 is 1.20 bits per heavy atom. The summed E-state index contributed by atoms with van der Waals surface area (Å²) in [6, 6.07) is 5.64. The lowest BCUT2D eigenvalue weighted by Crippen LogP contribution is -2.12. The van der Waals surface area contributed by atoms with E-state index in [2.05, 4.69) is 15.0 Å². The van der Waals surface area contributed by atoms with E-state index in [0.717, 1.165) is 27.4 Å². The maximum absolute atomic E-state index is 12.9. The number of esters is 1. The molecule has 0 aliphatic rings. The first-order valence-electron chi connectivity index (χ1n) is 6.82. The van der Waals surface area contributed by atoms with Crippen molar-refractivity contribution in [1.82, 2.24) is 9.38 Å². The number of hydrogen-bond donors (Lipinski definition) is 1. The Bertz CT molecular complexity index is 944. The van der Waals surface area contributed by atoms with Gasteiger partial charge in [-0.2, -0.15) is 13.2 Å². The van der Waals surface area contributed by atoms with Gasteiger partial charge in [-0.05, 0) is 24.3 Å². The van der Waals surface area contributed by atoms with Crippen molar-refractivity contribution in [1.29, 1.82) is 0 Å². The summed E-state index contributed by atoms with van der Waals surface area (Å²) < 4.78 is 44.0. The summed E-state index contributed by atoms with van der Waals surface area (Å²) in [5, 5.41) is 3.42. The Morgan fingerprint density at radius 3 is 2.44 bits per heavy atom. The van der Waals surface area contributed by atoms with Crippen LogP contribution < -0.4 is 5.32 Å². The fraction of sp³-hybridized carbons (Fsp3) is 0.133. The molecule has 0 unspecified atom stereocenters. The van der Waals surface area contributed by atoms with Crippen LogP contribution in [0.1, 0.15) is 26.4 Å². The number of rotatable bonds is 3. The minimum Gasteiger partial charge on any atom is -0.465 e. The Kier molecular flexibility index (Phi) is 4.21. The van der Waals surface area contributed by atoms with Gasteiger partial charge in [0.05, 0.1) is 12.7 Å². The van der Waals surface area contributed by atoms with Gasteiger partial charge in [0.1, 0.15) is 16.9 Å². The van der Waals surface area contributed by atoms with E-state index in [1.165, 1.54) is 31.4 Å². The minimum absolute atomic E-state index is 0.0301. The highest BCUT2D eigenvalue weighted by Crippen LogP contribution is 2.35. The van der Waals surface area contributed by atoms with Gasteiger partial charge in [-0.1, -0.05) is 0 Å². The fourth-order valence-electron chi connectivity index (χ4n) is 2.13. The van der Waals surface area contributed by atoms with Gasteiger partial charge in [-0.15, -0.1) is 11.3 Å². The van der Waals surface area contributed by atoms with E-state index < -0.39 is 23.7 Å². The van der Waals surface area contributed by atoms with Gasteiger partial charge in [0.2, 0.25) is 0 Å². The quantitative estimate of drug-likeness (QED) is 0.718. The van der Waals surface area contributed by atoms with Crippen LogP contribution in [0.15, 0.2) is 36.0 Å². The summed E-state index contributed by atoms with van der Waals surface area (Å²) >= 11 is 0.825. The van der Waals surface area contributed by atoms with Crippen LogP contribution in [0.5, 0.6) is 0 Å². The summed E-state index contributed by atoms with van der Waals surface area (Å²) in [4.78, 5) is 27.6. The van der Waals surface area contributed by atoms with Crippen molar-refractivity contribution in [2.75, 3.05) is 12.4 Å². The fourth-order valence-corrected chi connectivity index (χ4v) is 3.08. The average molecular weight is 369 g/mol. The van der Waals surface area contributed by atoms with Crippen molar-refractivity contribution < 1.29 is 27.5 Å². The number of thiazole rings is 1. The maximum Gasteiger partial charge on any atom is 0.432 e. The molecule has 1 amide bonds. The molecule has 3 rings (SSSR count). The van der Waals surface area contributed by atoms with Crippen molar-refractivity contribution in [3.63, 3.8) is 0 Å². The third-order valence-corrected chi connectivity index (χ3v) is 4.31. The SMILES string of the molecule is COC(=O)c1ccc(C(=O)Nc2ncn3c(C(F)(F)F)csc23)cc1. The number of nitrogens with zero attached hydrogens (tertiary/aromatic N) is 2. The molecule has 1 aromatic carbocycles. The molecule has 0 fully saturated rings. The number of hydrogen-bond acceptors (Lipinski definition) is 5. The number of fused-ring (bicyclic) bond motifs is 1. The second kappa shape index (κ2) is 6.20. The molecule has 10 heteroatoms. The molecule has 3 aromatic rings. The molecular weight excluding hydrogens is 359 g/mol. The van der Waals surface area contributed by atoms with E-state index in [1.807, 2.05) is 0 Å². The van der Waals surface area contributed by atoms with E-state index in [-0.39, 0.29) is 21.8 Å². The van der Waals surface area contributed by atoms with E-state index in [9.17, 15) is 22.8 Å². The number of nitrogens with one attached hydrogen (secondary N) is 1. The Hall–Kier alpha value is -2.88. The zero-order valence-electron chi connectivity index (χ0n) is 12.6. The monoisotopic (exact) mass is 369 g/mol. The standard InChI is InChI=1S/C15H10F3N3O3S/c1-24-14(23)9-4-2-8(3-5-9)12(22)20-11-13-21(7-19-11)10(6-25-13)15(16,17)18/h2-7H,1H3,(H,20,22). The predicted octanol–water partition coefficient (Wildman–Crippen LogP) is 3.45. The Morgan fingerprint density at radius 2 is 1.84 bits per heavy atom. The molecule has 0 aliphatic heterocycles. The highest BCUT2D eigenvalue weighted by atomic mass is 32.1. The van der Waals surface area contributed by atoms with Gasteiger partial charge in [-0.3, -0.25) is 9.20 Å². The van der Waals surface area contributed by atoms with Crippen LogP contribution in [0.3, 0.4) is 0 Å². The predicted molar refractivity (Wildman–Crippen MR) is 83.8 cm³/mol. The third-order valence-electron chi connectivity index (χ3n) is 3.36. The molecule has 0 saturated heterocycles. The van der Waals surface area contributed by atoms with Crippen LogP contribution in [0, 0.1) is 0 Å². The van der Waals surface area contributed by atoms with E-state index in [4.69, 9.17) is 0 Å². The highest BCUT2D eigenvalue weighted by molar-refractivity contribution is 7.16. The number of ether oxygens (including phenoxy) is 1. The second-order valence-corrected chi connectivity index (χ2v) is 5.77. The third kappa shape index (κ3) is 3.20. The van der Waals surface area contributed by atoms with Gasteiger partial charge >= 0.3 is 12.1 Å².